The third kappa shape index (κ3) is 7.94. The van der Waals surface area contributed by atoms with Crippen molar-refractivity contribution in [2.24, 2.45) is 11.8 Å². The molecule has 0 unspecified atom stereocenters. The van der Waals surface area contributed by atoms with Gasteiger partial charge in [0.25, 0.3) is 0 Å². The molecule has 1 amide bonds. The lowest BCUT2D eigenvalue weighted by Gasteiger charge is -2.31. The second-order valence-corrected chi connectivity index (χ2v) is 9.33. The summed E-state index contributed by atoms with van der Waals surface area (Å²) in [6.45, 7) is 14.1. The molecule has 7 heteroatoms. The molecule has 32 heavy (non-hydrogen) atoms. The number of nitrogens with zero attached hydrogens (tertiary/aromatic N) is 3. The lowest BCUT2D eigenvalue weighted by molar-refractivity contribution is -0.137. The highest BCUT2D eigenvalue weighted by atomic mass is 16.4. The van der Waals surface area contributed by atoms with Gasteiger partial charge in [0.05, 0.1) is 24.2 Å². The maximum atomic E-state index is 12.9. The molecule has 1 atom stereocenters. The van der Waals surface area contributed by atoms with E-state index in [4.69, 9.17) is 0 Å². The summed E-state index contributed by atoms with van der Waals surface area (Å²) < 4.78 is 0. The Kier molecular flexibility index (Phi) is 9.17. The van der Waals surface area contributed by atoms with E-state index in [-0.39, 0.29) is 24.7 Å². The molecular weight excluding hydrogens is 404 g/mol. The predicted molar refractivity (Wildman–Crippen MR) is 128 cm³/mol. The minimum absolute atomic E-state index is 0.0368. The van der Waals surface area contributed by atoms with Crippen LogP contribution in [0.3, 0.4) is 0 Å². The Hall–Kier alpha value is -2.96. The van der Waals surface area contributed by atoms with Crippen LogP contribution in [0.2, 0.25) is 0 Å². The minimum atomic E-state index is -0.840. The van der Waals surface area contributed by atoms with Crippen molar-refractivity contribution in [3.8, 4) is 0 Å². The summed E-state index contributed by atoms with van der Waals surface area (Å²) in [7, 11) is 0. The summed E-state index contributed by atoms with van der Waals surface area (Å²) >= 11 is 0. The fourth-order valence-electron chi connectivity index (χ4n) is 3.66. The van der Waals surface area contributed by atoms with Crippen LogP contribution in [0.15, 0.2) is 30.6 Å². The van der Waals surface area contributed by atoms with Crippen molar-refractivity contribution in [1.82, 2.24) is 9.97 Å². The summed E-state index contributed by atoms with van der Waals surface area (Å²) in [5.74, 6) is 0.407. The van der Waals surface area contributed by atoms with Crippen LogP contribution in [-0.4, -0.2) is 40.0 Å². The van der Waals surface area contributed by atoms with Gasteiger partial charge in [0, 0.05) is 25.5 Å². The van der Waals surface area contributed by atoms with Crippen molar-refractivity contribution in [1.29, 1.82) is 0 Å². The highest BCUT2D eigenvalue weighted by Crippen LogP contribution is 2.32. The topological polar surface area (TPSA) is 95.4 Å². The Labute approximate surface area is 191 Å². The summed E-state index contributed by atoms with van der Waals surface area (Å²) in [5.41, 5.74) is 3.29. The zero-order valence-corrected chi connectivity index (χ0v) is 20.1. The maximum Gasteiger partial charge on any atom is 0.303 e. The number of carboxylic acid groups (broad SMARTS) is 1. The van der Waals surface area contributed by atoms with Crippen molar-refractivity contribution < 1.29 is 14.7 Å². The van der Waals surface area contributed by atoms with Gasteiger partial charge in [-0.2, -0.15) is 0 Å². The maximum absolute atomic E-state index is 12.9. The third-order valence-electron chi connectivity index (χ3n) is 5.06. The van der Waals surface area contributed by atoms with Crippen molar-refractivity contribution in [3.05, 3.63) is 47.5 Å². The third-order valence-corrected chi connectivity index (χ3v) is 5.06. The van der Waals surface area contributed by atoms with Gasteiger partial charge in [0.2, 0.25) is 5.91 Å². The zero-order chi connectivity index (χ0) is 23.8. The van der Waals surface area contributed by atoms with E-state index in [0.717, 1.165) is 29.9 Å². The fourth-order valence-corrected chi connectivity index (χ4v) is 3.66. The molecule has 7 nitrogen and oxygen atoms in total. The number of carbonyl (C=O) groups is 2. The Bertz CT molecular complexity index is 900. The number of hydrogen-bond acceptors (Lipinski definition) is 5. The average Bonchev–Trinajstić information content (AvgIpc) is 2.68. The molecule has 174 valence electrons. The number of anilines is 2. The van der Waals surface area contributed by atoms with Gasteiger partial charge in [-0.25, -0.2) is 9.97 Å². The molecular formula is C25H36N4O3. The molecule has 1 aromatic carbocycles. The van der Waals surface area contributed by atoms with Crippen molar-refractivity contribution in [2.75, 3.05) is 23.3 Å². The normalized spacial score (nSPS) is 12.1. The molecule has 2 N–H and O–H groups in total. The van der Waals surface area contributed by atoms with E-state index in [1.165, 1.54) is 0 Å². The molecule has 0 spiro atoms. The second-order valence-electron chi connectivity index (χ2n) is 9.33. The predicted octanol–water partition coefficient (Wildman–Crippen LogP) is 4.66. The molecule has 1 heterocycles. The molecule has 0 aliphatic rings. The number of aryl methyl sites for hydroxylation is 1. The number of benzene rings is 1. The zero-order valence-electron chi connectivity index (χ0n) is 20.1. The van der Waals surface area contributed by atoms with Gasteiger partial charge >= 0.3 is 5.97 Å². The number of hydrogen-bond donors (Lipinski definition) is 2. The molecule has 2 aromatic rings. The Morgan fingerprint density at radius 3 is 2.16 bits per heavy atom. The Balaban J connectivity index is 2.37. The first-order valence-electron chi connectivity index (χ1n) is 11.2. The van der Waals surface area contributed by atoms with Crippen LogP contribution in [0.5, 0.6) is 0 Å². The van der Waals surface area contributed by atoms with E-state index < -0.39 is 5.97 Å². The van der Waals surface area contributed by atoms with E-state index in [1.807, 2.05) is 25.1 Å². The second kappa shape index (κ2) is 11.6. The van der Waals surface area contributed by atoms with E-state index in [9.17, 15) is 14.7 Å². The van der Waals surface area contributed by atoms with E-state index >= 15 is 0 Å². The van der Waals surface area contributed by atoms with Crippen molar-refractivity contribution in [3.63, 3.8) is 0 Å². The SMILES string of the molecule is Cc1ncc(CC(=O)Nc2cc([C@@H](C)CC(=O)O)ccc2N(CC(C)C)CC(C)C)cn1. The van der Waals surface area contributed by atoms with Crippen molar-refractivity contribution >= 4 is 23.3 Å². The molecule has 0 aliphatic carbocycles. The molecule has 0 radical (unpaired) electrons. The Morgan fingerprint density at radius 1 is 1.03 bits per heavy atom. The van der Waals surface area contributed by atoms with Crippen LogP contribution in [0, 0.1) is 18.8 Å². The summed E-state index contributed by atoms with van der Waals surface area (Å²) in [5, 5.41) is 12.3. The van der Waals surface area contributed by atoms with E-state index in [2.05, 4.69) is 47.9 Å². The van der Waals surface area contributed by atoms with Crippen molar-refractivity contribution in [2.45, 2.75) is 60.3 Å². The molecule has 0 saturated heterocycles. The van der Waals surface area contributed by atoms with Crippen LogP contribution in [-0.2, 0) is 16.0 Å². The number of carboxylic acids is 1. The van der Waals surface area contributed by atoms with Crippen LogP contribution in [0.25, 0.3) is 0 Å². The first-order chi connectivity index (χ1) is 15.0. The van der Waals surface area contributed by atoms with Crippen LogP contribution >= 0.6 is 0 Å². The standard InChI is InChI=1S/C25H36N4O3/c1-16(2)14-29(15-17(3)4)23-8-7-21(18(5)9-25(31)32)11-22(23)28-24(30)10-20-12-26-19(6)27-13-20/h7-8,11-13,16-18H,9-10,14-15H2,1-6H3,(H,28,30)(H,31,32)/t18-/m0/s1. The van der Waals surface area contributed by atoms with Gasteiger partial charge in [-0.3, -0.25) is 9.59 Å². The molecule has 0 aliphatic heterocycles. The molecule has 2 rings (SSSR count). The van der Waals surface area contributed by atoms with Gasteiger partial charge < -0.3 is 15.3 Å². The number of carbonyl (C=O) groups excluding carboxylic acids is 1. The summed E-state index contributed by atoms with van der Waals surface area (Å²) in [6.07, 6.45) is 3.54. The molecule has 0 bridgehead atoms. The van der Waals surface area contributed by atoms with Crippen LogP contribution in [0.1, 0.15) is 63.9 Å². The summed E-state index contributed by atoms with van der Waals surface area (Å²) in [4.78, 5) is 34.7. The Morgan fingerprint density at radius 2 is 1.62 bits per heavy atom. The van der Waals surface area contributed by atoms with Crippen LogP contribution < -0.4 is 10.2 Å². The van der Waals surface area contributed by atoms with Gasteiger partial charge in [-0.15, -0.1) is 0 Å². The molecule has 1 aromatic heterocycles. The van der Waals surface area contributed by atoms with Gasteiger partial charge in [-0.1, -0.05) is 40.7 Å². The fraction of sp³-hybridized carbons (Fsp3) is 0.520. The number of amides is 1. The van der Waals surface area contributed by atoms with Gasteiger partial charge in [0.15, 0.2) is 0 Å². The number of nitrogens with one attached hydrogen (secondary N) is 1. The smallest absolute Gasteiger partial charge is 0.303 e. The van der Waals surface area contributed by atoms with Gasteiger partial charge in [0.1, 0.15) is 5.82 Å². The quantitative estimate of drug-likeness (QED) is 0.527. The largest absolute Gasteiger partial charge is 0.481 e. The number of aliphatic carboxylic acids is 1. The van der Waals surface area contributed by atoms with E-state index in [1.54, 1.807) is 19.3 Å². The highest BCUT2D eigenvalue weighted by Gasteiger charge is 2.19. The number of aromatic nitrogens is 2. The lowest BCUT2D eigenvalue weighted by Crippen LogP contribution is -2.32. The van der Waals surface area contributed by atoms with Gasteiger partial charge in [-0.05, 0) is 47.9 Å². The van der Waals surface area contributed by atoms with Crippen LogP contribution in [0.4, 0.5) is 11.4 Å². The highest BCUT2D eigenvalue weighted by molar-refractivity contribution is 5.95. The average molecular weight is 441 g/mol. The monoisotopic (exact) mass is 440 g/mol. The number of rotatable bonds is 11. The first kappa shape index (κ1) is 25.3. The van der Waals surface area contributed by atoms with E-state index in [0.29, 0.717) is 23.3 Å². The lowest BCUT2D eigenvalue weighted by atomic mass is 9.96. The minimum Gasteiger partial charge on any atom is -0.481 e. The molecule has 0 fully saturated rings. The first-order valence-corrected chi connectivity index (χ1v) is 11.2. The summed E-state index contributed by atoms with van der Waals surface area (Å²) in [6, 6.07) is 5.89. The molecule has 0 saturated carbocycles.